The number of amides is 7. The number of imide groups is 1. The number of rotatable bonds is 13. The van der Waals surface area contributed by atoms with E-state index in [9.17, 15) is 43.2 Å². The molecule has 0 aliphatic carbocycles. The molecule has 3 aliphatic rings. The van der Waals surface area contributed by atoms with E-state index < -0.39 is 64.6 Å². The molecule has 292 valence electrons. The van der Waals surface area contributed by atoms with Crippen LogP contribution in [0.1, 0.15) is 32.4 Å². The number of carbonyl (C=O) groups is 9. The highest BCUT2D eigenvalue weighted by Crippen LogP contribution is 2.46. The lowest BCUT2D eigenvalue weighted by atomic mass is 9.94. The molecule has 22 nitrogen and oxygen atoms in total. The minimum absolute atomic E-state index is 0.0145. The van der Waals surface area contributed by atoms with E-state index in [2.05, 4.69) is 31.5 Å². The van der Waals surface area contributed by atoms with Crippen LogP contribution in [0, 0.1) is 0 Å². The van der Waals surface area contributed by atoms with Crippen LogP contribution in [0.25, 0.3) is 0 Å². The number of thioether (sulfide) groups is 2. The fourth-order valence-electron chi connectivity index (χ4n) is 5.80. The highest BCUT2D eigenvalue weighted by Gasteiger charge is 2.66. The number of hydrogen-bond donors (Lipinski definition) is 3. The maximum Gasteiger partial charge on any atom is 0.354 e. The quantitative estimate of drug-likeness (QED) is 0.0383. The van der Waals surface area contributed by atoms with E-state index >= 15 is 0 Å². The van der Waals surface area contributed by atoms with Gasteiger partial charge in [0.25, 0.3) is 5.91 Å². The maximum atomic E-state index is 14.3. The van der Waals surface area contributed by atoms with E-state index in [0.29, 0.717) is 15.6 Å². The number of β-lactam (4-membered cyclic amide) rings is 1. The summed E-state index contributed by atoms with van der Waals surface area (Å²) >= 11 is 2.28. The molecule has 0 bridgehead atoms. The summed E-state index contributed by atoms with van der Waals surface area (Å²) in [5.74, 6) is -6.92. The third-order valence-corrected chi connectivity index (χ3v) is 10.9. The van der Waals surface area contributed by atoms with Gasteiger partial charge in [-0.3, -0.25) is 43.4 Å². The van der Waals surface area contributed by atoms with Gasteiger partial charge in [0.2, 0.25) is 23.1 Å². The van der Waals surface area contributed by atoms with Gasteiger partial charge in [-0.05, 0) is 40.6 Å². The number of piperazine rings is 1. The molecule has 24 heteroatoms. The highest BCUT2D eigenvalue weighted by atomic mass is 32.2. The number of ether oxygens (including phenoxy) is 3. The molecule has 2 aromatic rings. The summed E-state index contributed by atoms with van der Waals surface area (Å²) in [5.41, 5.74) is -1.95. The van der Waals surface area contributed by atoms with Crippen molar-refractivity contribution in [3.8, 4) is 11.5 Å². The average Bonchev–Trinajstić information content (AvgIpc) is 3.57. The number of methoxy groups -OCH3 is 1. The zero-order chi connectivity index (χ0) is 40.2. The summed E-state index contributed by atoms with van der Waals surface area (Å²) in [6.45, 7) is 3.81. The second-order valence-electron chi connectivity index (χ2n) is 11.8. The van der Waals surface area contributed by atoms with Crippen molar-refractivity contribution in [1.29, 1.82) is 0 Å². The third kappa shape index (κ3) is 7.94. The van der Waals surface area contributed by atoms with Crippen molar-refractivity contribution < 1.29 is 57.4 Å². The number of benzene rings is 1. The Labute approximate surface area is 319 Å². The first-order valence-electron chi connectivity index (χ1n) is 16.2. The number of tetrazole rings is 1. The largest absolute Gasteiger partial charge is 0.464 e. The molecule has 2 fully saturated rings. The van der Waals surface area contributed by atoms with Gasteiger partial charge in [-0.1, -0.05) is 17.8 Å². The van der Waals surface area contributed by atoms with Crippen molar-refractivity contribution in [1.82, 2.24) is 50.9 Å². The fraction of sp³-hybridized carbons (Fsp3) is 0.419. The first-order valence-corrected chi connectivity index (χ1v) is 18.3. The fourth-order valence-corrected chi connectivity index (χ4v) is 8.22. The Balaban J connectivity index is 1.50. The number of urea groups is 1. The van der Waals surface area contributed by atoms with Gasteiger partial charge in [0.05, 0.1) is 7.11 Å². The van der Waals surface area contributed by atoms with Crippen molar-refractivity contribution >= 4 is 77.5 Å². The number of aryl methyl sites for hydroxylation is 1. The molecule has 1 aromatic carbocycles. The SMILES string of the molecule is CCN1CCN(C(=O)NC(C(=O)N[C@]2(NC=O)C(=O)N3C(C(=O)OC)=C(CSc4nnnn4C)CS[C@H]32)c2ccc(OC(C)=O)c(OC(C)=O)c2)C(=O)C1=O. The standard InChI is InChI=1S/C31H34N10O12S2/c1-6-39-9-10-40(25(47)24(39)46)29(50)33-21(17-7-8-19(52-15(2)43)20(11-17)53-16(3)44)23(45)34-31(32-14-42)27(49)41-22(26(48)51-5)18(12-54-28(31)41)13-55-30-35-36-37-38(30)4/h7-8,11,14,21,28H,6,9-10,12-13H2,1-5H3,(H,32,42)(H,33,50)(H,34,45)/t21?,28-,31+/m0/s1. The Hall–Kier alpha value is -6.04. The molecule has 0 radical (unpaired) electrons. The third-order valence-electron chi connectivity index (χ3n) is 8.37. The predicted molar refractivity (Wildman–Crippen MR) is 186 cm³/mol. The van der Waals surface area contributed by atoms with E-state index in [1.165, 1.54) is 33.5 Å². The Morgan fingerprint density at radius 2 is 1.78 bits per heavy atom. The van der Waals surface area contributed by atoms with Crippen LogP contribution in [0.15, 0.2) is 34.6 Å². The molecule has 3 aliphatic heterocycles. The van der Waals surface area contributed by atoms with E-state index in [1.807, 2.05) is 0 Å². The van der Waals surface area contributed by atoms with Crippen molar-refractivity contribution in [2.45, 2.75) is 43.0 Å². The number of likely N-dealkylation sites (N-methyl/N-ethyl adjacent to an activating group) is 1. The number of fused-ring (bicyclic) bond motifs is 1. The molecule has 0 spiro atoms. The summed E-state index contributed by atoms with van der Waals surface area (Å²) in [6, 6.07) is 0.520. The minimum Gasteiger partial charge on any atom is -0.464 e. The predicted octanol–water partition coefficient (Wildman–Crippen LogP) is -1.80. The molecule has 5 rings (SSSR count). The molecule has 2 saturated heterocycles. The van der Waals surface area contributed by atoms with Crippen LogP contribution in [0.5, 0.6) is 11.5 Å². The van der Waals surface area contributed by atoms with Crippen LogP contribution in [0.4, 0.5) is 4.79 Å². The van der Waals surface area contributed by atoms with E-state index in [4.69, 9.17) is 14.2 Å². The van der Waals surface area contributed by atoms with Gasteiger partial charge >= 0.3 is 35.8 Å². The summed E-state index contributed by atoms with van der Waals surface area (Å²) in [7, 11) is 2.74. The number of hydrogen-bond acceptors (Lipinski definition) is 17. The summed E-state index contributed by atoms with van der Waals surface area (Å²) in [6.07, 6.45) is 0.168. The van der Waals surface area contributed by atoms with Gasteiger partial charge in [0.15, 0.2) is 11.5 Å². The molecular weight excluding hydrogens is 769 g/mol. The van der Waals surface area contributed by atoms with E-state index in [1.54, 1.807) is 14.0 Å². The molecule has 7 amide bonds. The van der Waals surface area contributed by atoms with Crippen LogP contribution in [0.2, 0.25) is 0 Å². The van der Waals surface area contributed by atoms with Crippen LogP contribution < -0.4 is 25.4 Å². The van der Waals surface area contributed by atoms with Gasteiger partial charge in [-0.25, -0.2) is 14.3 Å². The molecule has 3 N–H and O–H groups in total. The van der Waals surface area contributed by atoms with Crippen molar-refractivity contribution in [2.75, 3.05) is 38.2 Å². The minimum atomic E-state index is -2.19. The molecular formula is C31H34N10O12S2. The molecule has 3 atom stereocenters. The Morgan fingerprint density at radius 3 is 2.40 bits per heavy atom. The van der Waals surface area contributed by atoms with Crippen LogP contribution in [0.3, 0.4) is 0 Å². The second kappa shape index (κ2) is 16.5. The zero-order valence-electron chi connectivity index (χ0n) is 29.8. The number of carbonyl (C=O) groups excluding carboxylic acids is 9. The van der Waals surface area contributed by atoms with E-state index in [0.717, 1.165) is 43.7 Å². The zero-order valence-corrected chi connectivity index (χ0v) is 31.5. The molecule has 1 aromatic heterocycles. The second-order valence-corrected chi connectivity index (χ2v) is 13.8. The van der Waals surface area contributed by atoms with Crippen molar-refractivity contribution in [3.05, 3.63) is 35.0 Å². The first kappa shape index (κ1) is 40.2. The topological polar surface area (TPSA) is 271 Å². The van der Waals surface area contributed by atoms with Gasteiger partial charge in [-0.15, -0.1) is 16.9 Å². The number of nitrogens with one attached hydrogen (secondary N) is 3. The van der Waals surface area contributed by atoms with Crippen LogP contribution >= 0.6 is 23.5 Å². The summed E-state index contributed by atoms with van der Waals surface area (Å²) in [5, 5.41) is 17.8. The number of aromatic nitrogens is 4. The lowest BCUT2D eigenvalue weighted by Gasteiger charge is -2.56. The van der Waals surface area contributed by atoms with Crippen molar-refractivity contribution in [2.24, 2.45) is 7.05 Å². The van der Waals surface area contributed by atoms with Crippen LogP contribution in [-0.4, -0.2) is 138 Å². The Morgan fingerprint density at radius 1 is 1.07 bits per heavy atom. The first-order chi connectivity index (χ1) is 26.2. The van der Waals surface area contributed by atoms with Crippen LogP contribution in [-0.2, 0) is 50.1 Å². The van der Waals surface area contributed by atoms with Gasteiger partial charge in [0, 0.05) is 52.0 Å². The molecule has 55 heavy (non-hydrogen) atoms. The Bertz CT molecular complexity index is 2010. The molecule has 1 unspecified atom stereocenters. The lowest BCUT2D eigenvalue weighted by molar-refractivity contribution is -0.163. The number of esters is 3. The van der Waals surface area contributed by atoms with Gasteiger partial charge < -0.3 is 35.1 Å². The van der Waals surface area contributed by atoms with Gasteiger partial charge in [0.1, 0.15) is 17.1 Å². The monoisotopic (exact) mass is 802 g/mol. The number of nitrogens with zero attached hydrogens (tertiary/aromatic N) is 7. The normalized spacial score (nSPS) is 19.8. The smallest absolute Gasteiger partial charge is 0.354 e. The Kier molecular flexibility index (Phi) is 12.1. The average molecular weight is 803 g/mol. The van der Waals surface area contributed by atoms with Gasteiger partial charge in [-0.2, -0.15) is 0 Å². The lowest BCUT2D eigenvalue weighted by Crippen LogP contribution is -2.85. The summed E-state index contributed by atoms with van der Waals surface area (Å²) in [4.78, 5) is 119. The van der Waals surface area contributed by atoms with E-state index in [-0.39, 0.29) is 60.3 Å². The van der Waals surface area contributed by atoms with Crippen molar-refractivity contribution in [3.63, 3.8) is 0 Å². The maximum absolute atomic E-state index is 14.3. The highest BCUT2D eigenvalue weighted by molar-refractivity contribution is 8.01. The molecule has 0 saturated carbocycles. The molecule has 4 heterocycles. The summed E-state index contributed by atoms with van der Waals surface area (Å²) < 4.78 is 16.7.